The topological polar surface area (TPSA) is 90.7 Å². The third-order valence-corrected chi connectivity index (χ3v) is 10.0. The van der Waals surface area contributed by atoms with Crippen LogP contribution in [-0.2, 0) is 13.0 Å². The highest BCUT2D eigenvalue weighted by Crippen LogP contribution is 2.45. The minimum atomic E-state index is 0.0511. The second-order valence-electron chi connectivity index (χ2n) is 12.5. The third-order valence-electron chi connectivity index (χ3n) is 10.0. The molecule has 2 saturated carbocycles. The van der Waals surface area contributed by atoms with E-state index < -0.39 is 0 Å². The van der Waals surface area contributed by atoms with Crippen LogP contribution in [-0.4, -0.2) is 55.0 Å². The van der Waals surface area contributed by atoms with Gasteiger partial charge in [-0.25, -0.2) is 9.97 Å². The summed E-state index contributed by atoms with van der Waals surface area (Å²) in [6, 6.07) is 11.0. The number of hydrogen-bond donors (Lipinski definition) is 1. The van der Waals surface area contributed by atoms with E-state index in [0.29, 0.717) is 23.3 Å². The molecule has 40 heavy (non-hydrogen) atoms. The number of methoxy groups -OCH3 is 1. The van der Waals surface area contributed by atoms with Crippen LogP contribution in [0.1, 0.15) is 86.0 Å². The molecule has 3 atom stereocenters. The van der Waals surface area contributed by atoms with Crippen LogP contribution in [0.5, 0.6) is 5.88 Å². The Morgan fingerprint density at radius 2 is 1.93 bits per heavy atom. The molecule has 2 saturated heterocycles. The lowest BCUT2D eigenvalue weighted by molar-refractivity contribution is 0.0726. The number of ether oxygens (including phenoxy) is 1. The second-order valence-corrected chi connectivity index (χ2v) is 12.5. The first kappa shape index (κ1) is 24.4. The molecule has 208 valence electrons. The van der Waals surface area contributed by atoms with E-state index in [1.807, 2.05) is 17.0 Å². The van der Waals surface area contributed by atoms with Crippen molar-refractivity contribution in [1.82, 2.24) is 23.8 Å². The molecule has 0 aromatic carbocycles. The van der Waals surface area contributed by atoms with Crippen molar-refractivity contribution < 1.29 is 9.53 Å². The Hall–Kier alpha value is -3.39. The van der Waals surface area contributed by atoms with Gasteiger partial charge in [-0.2, -0.15) is 0 Å². The van der Waals surface area contributed by atoms with Crippen molar-refractivity contribution in [2.45, 2.75) is 95.3 Å². The highest BCUT2D eigenvalue weighted by atomic mass is 16.5. The summed E-state index contributed by atoms with van der Waals surface area (Å²) >= 11 is 0. The minimum Gasteiger partial charge on any atom is -0.482 e. The maximum atomic E-state index is 13.9. The standard InChI is InChI=1S/C32H38N6O2/c1-3-22-10-9-20-13-26(36(31(20)34-22)17-18-7-8-18)29-30(19-5-4-6-19)38-27(35-29)14-21(15-28(38)40-2)32(39)37-23-11-12-25(37)24(33)16-23/h9-10,13-15,18-19,23-25H,3-8,11-12,16-17,33H2,1-2H3/t23-,24+,25+/m0/s1. The highest BCUT2D eigenvalue weighted by molar-refractivity contribution is 5.97. The van der Waals surface area contributed by atoms with Crippen molar-refractivity contribution in [2.75, 3.05) is 7.11 Å². The first-order valence-corrected chi connectivity index (χ1v) is 15.2. The molecule has 2 aliphatic carbocycles. The zero-order chi connectivity index (χ0) is 27.1. The average molecular weight is 539 g/mol. The van der Waals surface area contributed by atoms with Crippen molar-refractivity contribution in [2.24, 2.45) is 11.7 Å². The zero-order valence-corrected chi connectivity index (χ0v) is 23.5. The molecule has 4 aromatic rings. The maximum Gasteiger partial charge on any atom is 0.254 e. The predicted molar refractivity (Wildman–Crippen MR) is 155 cm³/mol. The number of amides is 1. The number of pyridine rings is 2. The molecule has 8 nitrogen and oxygen atoms in total. The molecule has 4 fully saturated rings. The van der Waals surface area contributed by atoms with Gasteiger partial charge in [-0.3, -0.25) is 9.20 Å². The van der Waals surface area contributed by atoms with Gasteiger partial charge in [0.05, 0.1) is 18.5 Å². The van der Waals surface area contributed by atoms with Gasteiger partial charge in [-0.1, -0.05) is 13.3 Å². The first-order valence-electron chi connectivity index (χ1n) is 15.2. The quantitative estimate of drug-likeness (QED) is 0.345. The molecule has 2 N–H and O–H groups in total. The van der Waals surface area contributed by atoms with Crippen LogP contribution in [0, 0.1) is 5.92 Å². The van der Waals surface area contributed by atoms with Crippen LogP contribution < -0.4 is 10.5 Å². The summed E-state index contributed by atoms with van der Waals surface area (Å²) in [5.41, 5.74) is 13.3. The van der Waals surface area contributed by atoms with E-state index >= 15 is 0 Å². The van der Waals surface area contributed by atoms with Crippen LogP contribution >= 0.6 is 0 Å². The SMILES string of the molecule is CCc1ccc2cc(-c3nc4cc(C(=O)N5[C@H]6CC[C@@H]5[C@H](N)C6)cc(OC)n4c3C3CCC3)n(CC3CC3)c2n1. The van der Waals surface area contributed by atoms with E-state index in [1.165, 1.54) is 25.0 Å². The molecule has 6 heterocycles. The van der Waals surface area contributed by atoms with Gasteiger partial charge < -0.3 is 19.9 Å². The Labute approximate surface area is 234 Å². The van der Waals surface area contributed by atoms with Crippen LogP contribution in [0.25, 0.3) is 28.1 Å². The van der Waals surface area contributed by atoms with Gasteiger partial charge in [0.25, 0.3) is 5.91 Å². The van der Waals surface area contributed by atoms with Crippen molar-refractivity contribution in [3.63, 3.8) is 0 Å². The van der Waals surface area contributed by atoms with Gasteiger partial charge >= 0.3 is 0 Å². The molecule has 1 amide bonds. The number of carbonyl (C=O) groups excluding carboxylic acids is 1. The monoisotopic (exact) mass is 538 g/mol. The summed E-state index contributed by atoms with van der Waals surface area (Å²) in [5, 5.41) is 1.16. The predicted octanol–water partition coefficient (Wildman–Crippen LogP) is 5.30. The Bertz CT molecular complexity index is 1640. The van der Waals surface area contributed by atoms with E-state index in [-0.39, 0.29) is 24.0 Å². The van der Waals surface area contributed by atoms with E-state index in [9.17, 15) is 4.79 Å². The fraction of sp³-hybridized carbons (Fsp3) is 0.531. The Balaban J connectivity index is 1.31. The number of carbonyl (C=O) groups is 1. The van der Waals surface area contributed by atoms with Gasteiger partial charge in [0.15, 0.2) is 5.88 Å². The summed E-state index contributed by atoms with van der Waals surface area (Å²) in [5.74, 6) is 1.84. The van der Waals surface area contributed by atoms with E-state index in [4.69, 9.17) is 20.4 Å². The molecular formula is C32H38N6O2. The number of hydrogen-bond acceptors (Lipinski definition) is 5. The van der Waals surface area contributed by atoms with E-state index in [0.717, 1.165) is 78.8 Å². The maximum absolute atomic E-state index is 13.9. The molecule has 2 aliphatic heterocycles. The fourth-order valence-electron chi connectivity index (χ4n) is 7.48. The van der Waals surface area contributed by atoms with Crippen LogP contribution in [0.2, 0.25) is 0 Å². The number of aromatic nitrogens is 4. The van der Waals surface area contributed by atoms with Crippen LogP contribution in [0.15, 0.2) is 30.3 Å². The molecule has 0 spiro atoms. The summed E-state index contributed by atoms with van der Waals surface area (Å²) < 4.78 is 10.6. The lowest BCUT2D eigenvalue weighted by atomic mass is 9.81. The Morgan fingerprint density at radius 3 is 2.58 bits per heavy atom. The van der Waals surface area contributed by atoms with Gasteiger partial charge in [-0.15, -0.1) is 0 Å². The summed E-state index contributed by atoms with van der Waals surface area (Å²) in [6.45, 7) is 3.13. The van der Waals surface area contributed by atoms with Gasteiger partial charge in [-0.05, 0) is 81.5 Å². The van der Waals surface area contributed by atoms with E-state index in [1.54, 1.807) is 7.11 Å². The summed E-state index contributed by atoms with van der Waals surface area (Å²) in [7, 11) is 1.70. The van der Waals surface area contributed by atoms with Crippen molar-refractivity contribution >= 4 is 22.6 Å². The van der Waals surface area contributed by atoms with Crippen molar-refractivity contribution in [3.05, 3.63) is 47.3 Å². The fourth-order valence-corrected chi connectivity index (χ4v) is 7.48. The molecular weight excluding hydrogens is 500 g/mol. The largest absolute Gasteiger partial charge is 0.482 e. The Morgan fingerprint density at radius 1 is 1.07 bits per heavy atom. The molecule has 4 aromatic heterocycles. The molecule has 0 radical (unpaired) electrons. The minimum absolute atomic E-state index is 0.0511. The summed E-state index contributed by atoms with van der Waals surface area (Å²) in [4.78, 5) is 26.3. The number of imidazole rings is 1. The highest BCUT2D eigenvalue weighted by Gasteiger charge is 2.47. The van der Waals surface area contributed by atoms with Gasteiger partial charge in [0, 0.05) is 53.3 Å². The van der Waals surface area contributed by atoms with Crippen LogP contribution in [0.4, 0.5) is 0 Å². The lowest BCUT2D eigenvalue weighted by Crippen LogP contribution is -2.40. The Kier molecular flexibility index (Phi) is 5.53. The molecule has 8 rings (SSSR count). The average Bonchev–Trinajstić information content (AvgIpc) is 3.24. The van der Waals surface area contributed by atoms with Crippen molar-refractivity contribution in [1.29, 1.82) is 0 Å². The number of nitrogens with zero attached hydrogens (tertiary/aromatic N) is 5. The van der Waals surface area contributed by atoms with Crippen molar-refractivity contribution in [3.8, 4) is 17.3 Å². The summed E-state index contributed by atoms with van der Waals surface area (Å²) in [6.07, 6.45) is 9.90. The van der Waals surface area contributed by atoms with Crippen LogP contribution in [0.3, 0.4) is 0 Å². The molecule has 8 heteroatoms. The van der Waals surface area contributed by atoms with Gasteiger partial charge in [0.2, 0.25) is 0 Å². The number of rotatable bonds is 7. The number of fused-ring (bicyclic) bond motifs is 4. The third kappa shape index (κ3) is 3.64. The number of aryl methyl sites for hydroxylation is 1. The second kappa shape index (κ2) is 9.06. The van der Waals surface area contributed by atoms with E-state index in [2.05, 4.69) is 34.1 Å². The number of nitrogens with two attached hydrogens (primary N) is 1. The molecule has 2 bridgehead atoms. The zero-order valence-electron chi connectivity index (χ0n) is 23.5. The normalized spacial score (nSPS) is 24.4. The van der Waals surface area contributed by atoms with Gasteiger partial charge in [0.1, 0.15) is 17.0 Å². The smallest absolute Gasteiger partial charge is 0.254 e. The molecule has 0 unspecified atom stereocenters. The lowest BCUT2D eigenvalue weighted by Gasteiger charge is -2.27. The first-order chi connectivity index (χ1) is 19.5. The molecule has 4 aliphatic rings.